The second kappa shape index (κ2) is 4.95. The number of rotatable bonds is 2. The van der Waals surface area contributed by atoms with E-state index < -0.39 is 18.3 Å². The molecule has 0 spiro atoms. The molecule has 100 valence electrons. The Balaban J connectivity index is 1.76. The number of amides is 1. The summed E-state index contributed by atoms with van der Waals surface area (Å²) in [5.74, 6) is -0.171. The van der Waals surface area contributed by atoms with E-state index in [9.17, 15) is 9.18 Å². The molecule has 1 fully saturated rings. The van der Waals surface area contributed by atoms with Gasteiger partial charge < -0.3 is 9.64 Å². The van der Waals surface area contributed by atoms with Crippen LogP contribution < -0.4 is 0 Å². The summed E-state index contributed by atoms with van der Waals surface area (Å²) in [4.78, 5) is 21.9. The van der Waals surface area contributed by atoms with Crippen LogP contribution in [-0.2, 0) is 9.53 Å². The quantitative estimate of drug-likeness (QED) is 0.803. The summed E-state index contributed by atoms with van der Waals surface area (Å²) in [7, 11) is 0. The first-order valence-corrected chi connectivity index (χ1v) is 6.25. The van der Waals surface area contributed by atoms with Crippen LogP contribution in [-0.4, -0.2) is 47.5 Å². The van der Waals surface area contributed by atoms with E-state index in [1.54, 1.807) is 24.5 Å². The zero-order valence-corrected chi connectivity index (χ0v) is 10.3. The summed E-state index contributed by atoms with van der Waals surface area (Å²) in [6.07, 6.45) is 3.64. The van der Waals surface area contributed by atoms with Crippen molar-refractivity contribution < 1.29 is 13.9 Å². The molecular weight excluding hydrogens is 249 g/mol. The first-order chi connectivity index (χ1) is 9.25. The van der Waals surface area contributed by atoms with E-state index in [1.807, 2.05) is 0 Å². The molecule has 1 amide bonds. The third-order valence-electron chi connectivity index (χ3n) is 3.45. The Morgan fingerprint density at radius 1 is 1.42 bits per heavy atom. The molecule has 0 saturated carbocycles. The van der Waals surface area contributed by atoms with Gasteiger partial charge >= 0.3 is 0 Å². The zero-order chi connectivity index (χ0) is 13.2. The van der Waals surface area contributed by atoms with E-state index in [2.05, 4.69) is 9.98 Å². The van der Waals surface area contributed by atoms with Crippen molar-refractivity contribution in [2.75, 3.05) is 13.1 Å². The highest BCUT2D eigenvalue weighted by molar-refractivity contribution is 5.85. The highest BCUT2D eigenvalue weighted by atomic mass is 19.1. The van der Waals surface area contributed by atoms with Crippen molar-refractivity contribution in [2.24, 2.45) is 4.99 Å². The number of likely N-dealkylation sites (tertiary alicyclic amines) is 1. The minimum atomic E-state index is -0.922. The normalized spacial score (nSPS) is 29.5. The van der Waals surface area contributed by atoms with Gasteiger partial charge in [-0.05, 0) is 24.1 Å². The number of halogens is 1. The van der Waals surface area contributed by atoms with Crippen molar-refractivity contribution in [3.8, 4) is 0 Å². The van der Waals surface area contributed by atoms with E-state index in [0.29, 0.717) is 13.0 Å². The Morgan fingerprint density at radius 3 is 2.89 bits per heavy atom. The third kappa shape index (κ3) is 2.30. The summed E-state index contributed by atoms with van der Waals surface area (Å²) in [6, 6.07) is 2.97. The number of alkyl halides is 1. The summed E-state index contributed by atoms with van der Waals surface area (Å²) >= 11 is 0. The molecule has 2 aliphatic rings. The van der Waals surface area contributed by atoms with Crippen LogP contribution in [0.1, 0.15) is 18.1 Å². The molecule has 0 unspecified atom stereocenters. The molecule has 6 heteroatoms. The van der Waals surface area contributed by atoms with E-state index in [0.717, 1.165) is 5.56 Å². The van der Waals surface area contributed by atoms with Crippen molar-refractivity contribution in [2.45, 2.75) is 24.7 Å². The van der Waals surface area contributed by atoms with Gasteiger partial charge in [-0.15, -0.1) is 0 Å². The van der Waals surface area contributed by atoms with Crippen LogP contribution in [0.15, 0.2) is 29.5 Å². The summed E-state index contributed by atoms with van der Waals surface area (Å²) in [5.41, 5.74) is 0.849. The van der Waals surface area contributed by atoms with Crippen molar-refractivity contribution in [3.05, 3.63) is 30.1 Å². The van der Waals surface area contributed by atoms with Crippen molar-refractivity contribution >= 4 is 12.3 Å². The Hall–Kier alpha value is -1.98. The van der Waals surface area contributed by atoms with E-state index in [-0.39, 0.29) is 12.5 Å². The molecule has 0 N–H and O–H groups in total. The minimum absolute atomic E-state index is 0.161. The molecule has 0 aliphatic carbocycles. The predicted molar refractivity (Wildman–Crippen MR) is 66.4 cm³/mol. The number of nitrogens with zero attached hydrogens (tertiary/aromatic N) is 3. The molecule has 2 aliphatic heterocycles. The molecule has 5 nitrogen and oxygen atoms in total. The predicted octanol–water partition coefficient (Wildman–Crippen LogP) is 1.12. The van der Waals surface area contributed by atoms with E-state index in [1.165, 1.54) is 11.3 Å². The number of aromatic nitrogens is 1. The Morgan fingerprint density at radius 2 is 2.21 bits per heavy atom. The second-order valence-corrected chi connectivity index (χ2v) is 4.71. The molecule has 0 aromatic carbocycles. The average Bonchev–Trinajstić information content (AvgIpc) is 3.07. The maximum Gasteiger partial charge on any atom is 0.251 e. The number of aliphatic imine (C=N–C) groups is 1. The van der Waals surface area contributed by atoms with Gasteiger partial charge in [-0.1, -0.05) is 0 Å². The molecule has 3 atom stereocenters. The summed E-state index contributed by atoms with van der Waals surface area (Å²) in [5, 5.41) is 0. The largest absolute Gasteiger partial charge is 0.473 e. The van der Waals surface area contributed by atoms with Crippen LogP contribution in [0.5, 0.6) is 0 Å². The van der Waals surface area contributed by atoms with Gasteiger partial charge in [-0.3, -0.25) is 9.78 Å². The molecule has 1 aromatic heterocycles. The van der Waals surface area contributed by atoms with Crippen LogP contribution in [0.4, 0.5) is 4.39 Å². The van der Waals surface area contributed by atoms with Crippen molar-refractivity contribution in [3.63, 3.8) is 0 Å². The standard InChI is InChI=1S/C13H14FN3O2/c14-10-3-6-17(7-10)13(18)11-12(19-8-16-11)9-1-4-15-5-2-9/h1-2,4-5,8,10-12H,3,6-7H2/t10-,11+,12-/m1/s1. The molecular formula is C13H14FN3O2. The Kier molecular flexibility index (Phi) is 3.15. The number of ether oxygens (including phenoxy) is 1. The number of hydrogen-bond donors (Lipinski definition) is 0. The lowest BCUT2D eigenvalue weighted by molar-refractivity contribution is -0.133. The lowest BCUT2D eigenvalue weighted by Gasteiger charge is -2.22. The number of carbonyl (C=O) groups is 1. The number of carbonyl (C=O) groups excluding carboxylic acids is 1. The lowest BCUT2D eigenvalue weighted by atomic mass is 10.0. The maximum atomic E-state index is 13.2. The van der Waals surface area contributed by atoms with Gasteiger partial charge in [0.2, 0.25) is 0 Å². The van der Waals surface area contributed by atoms with Gasteiger partial charge in [0.25, 0.3) is 5.91 Å². The highest BCUT2D eigenvalue weighted by Crippen LogP contribution is 2.28. The fourth-order valence-corrected chi connectivity index (χ4v) is 2.43. The van der Waals surface area contributed by atoms with E-state index >= 15 is 0 Å². The van der Waals surface area contributed by atoms with Crippen molar-refractivity contribution in [1.82, 2.24) is 9.88 Å². The molecule has 1 aromatic rings. The fourth-order valence-electron chi connectivity index (χ4n) is 2.43. The van der Waals surface area contributed by atoms with Crippen LogP contribution in [0.3, 0.4) is 0 Å². The van der Waals surface area contributed by atoms with Gasteiger partial charge in [0.1, 0.15) is 6.17 Å². The maximum absolute atomic E-state index is 13.2. The number of pyridine rings is 1. The van der Waals surface area contributed by atoms with Gasteiger partial charge in [0.05, 0.1) is 6.54 Å². The Bertz CT molecular complexity index is 494. The topological polar surface area (TPSA) is 54.8 Å². The number of hydrogen-bond acceptors (Lipinski definition) is 4. The van der Waals surface area contributed by atoms with Crippen molar-refractivity contribution in [1.29, 1.82) is 0 Å². The lowest BCUT2D eigenvalue weighted by Crippen LogP contribution is -2.39. The highest BCUT2D eigenvalue weighted by Gasteiger charge is 2.38. The van der Waals surface area contributed by atoms with Gasteiger partial charge in [0.15, 0.2) is 18.5 Å². The summed E-state index contributed by atoms with van der Waals surface area (Å²) in [6.45, 7) is 0.614. The van der Waals surface area contributed by atoms with Crippen LogP contribution in [0, 0.1) is 0 Å². The average molecular weight is 263 g/mol. The molecule has 3 heterocycles. The second-order valence-electron chi connectivity index (χ2n) is 4.71. The summed E-state index contributed by atoms with van der Waals surface area (Å²) < 4.78 is 18.6. The van der Waals surface area contributed by atoms with Gasteiger partial charge in [-0.2, -0.15) is 0 Å². The van der Waals surface area contributed by atoms with Crippen LogP contribution >= 0.6 is 0 Å². The molecule has 0 radical (unpaired) electrons. The van der Waals surface area contributed by atoms with Crippen LogP contribution in [0.2, 0.25) is 0 Å². The molecule has 0 bridgehead atoms. The first-order valence-electron chi connectivity index (χ1n) is 6.25. The monoisotopic (exact) mass is 263 g/mol. The third-order valence-corrected chi connectivity index (χ3v) is 3.45. The van der Waals surface area contributed by atoms with Gasteiger partial charge in [-0.25, -0.2) is 9.38 Å². The molecule has 3 rings (SSSR count). The molecule has 1 saturated heterocycles. The zero-order valence-electron chi connectivity index (χ0n) is 10.3. The van der Waals surface area contributed by atoms with Gasteiger partial charge in [0, 0.05) is 18.9 Å². The van der Waals surface area contributed by atoms with E-state index in [4.69, 9.17) is 4.74 Å². The smallest absolute Gasteiger partial charge is 0.251 e. The fraction of sp³-hybridized carbons (Fsp3) is 0.462. The SMILES string of the molecule is O=C([C@H]1N=CO[C@@H]1c1ccncc1)N1CC[C@@H](F)C1. The minimum Gasteiger partial charge on any atom is -0.473 e. The first kappa shape index (κ1) is 12.1. The molecule has 19 heavy (non-hydrogen) atoms. The Labute approximate surface area is 110 Å². The van der Waals surface area contributed by atoms with Crippen LogP contribution in [0.25, 0.3) is 0 Å².